The molecule has 1 fully saturated rings. The molecule has 3 rings (SSSR count). The number of nitrogens with zero attached hydrogens (tertiary/aromatic N) is 3. The van der Waals surface area contributed by atoms with Crippen LogP contribution in [0.25, 0.3) is 0 Å². The van der Waals surface area contributed by atoms with Crippen molar-refractivity contribution in [3.63, 3.8) is 0 Å². The molecule has 0 amide bonds. The number of aryl methyl sites for hydroxylation is 2. The van der Waals surface area contributed by atoms with Crippen molar-refractivity contribution in [2.45, 2.75) is 45.8 Å². The number of hydrogen-bond acceptors (Lipinski definition) is 5. The molecule has 0 atom stereocenters. The molecule has 0 unspecified atom stereocenters. The van der Waals surface area contributed by atoms with Gasteiger partial charge in [0, 0.05) is 37.1 Å². The van der Waals surface area contributed by atoms with E-state index in [1.54, 1.807) is 0 Å². The van der Waals surface area contributed by atoms with E-state index in [2.05, 4.69) is 15.3 Å². The van der Waals surface area contributed by atoms with E-state index in [1.807, 2.05) is 44.1 Å². The van der Waals surface area contributed by atoms with Crippen molar-refractivity contribution in [1.82, 2.24) is 15.3 Å². The van der Waals surface area contributed by atoms with Crippen molar-refractivity contribution in [3.8, 4) is 0 Å². The first kappa shape index (κ1) is 14.1. The lowest BCUT2D eigenvalue weighted by atomic mass is 10.2. The van der Waals surface area contributed by atoms with Crippen molar-refractivity contribution in [3.05, 3.63) is 41.1 Å². The Morgan fingerprint density at radius 3 is 2.76 bits per heavy atom. The predicted octanol–water partition coefficient (Wildman–Crippen LogP) is 2.57. The Morgan fingerprint density at radius 2 is 2.14 bits per heavy atom. The van der Waals surface area contributed by atoms with Crippen molar-refractivity contribution >= 4 is 5.95 Å². The molecule has 1 aliphatic rings. The number of furan rings is 1. The highest BCUT2D eigenvalue weighted by atomic mass is 16.3. The molecule has 112 valence electrons. The molecule has 5 heteroatoms. The number of rotatable bonds is 6. The lowest BCUT2D eigenvalue weighted by Gasteiger charge is -2.17. The standard InChI is InChI=1S/C16H22N4O/c1-11-4-7-15(21-11)10-20(3)16-18-9-13(12(2)19-16)8-17-14-5-6-14/h4,7,9,14,17H,5-6,8,10H2,1-3H3. The zero-order chi connectivity index (χ0) is 14.8. The summed E-state index contributed by atoms with van der Waals surface area (Å²) < 4.78 is 5.59. The maximum Gasteiger partial charge on any atom is 0.225 e. The van der Waals surface area contributed by atoms with Gasteiger partial charge in [-0.3, -0.25) is 0 Å². The maximum absolute atomic E-state index is 5.59. The third-order valence-corrected chi connectivity index (χ3v) is 3.76. The Kier molecular flexibility index (Phi) is 3.92. The highest BCUT2D eigenvalue weighted by molar-refractivity contribution is 5.32. The van der Waals surface area contributed by atoms with Gasteiger partial charge < -0.3 is 14.6 Å². The van der Waals surface area contributed by atoms with Gasteiger partial charge in [0.25, 0.3) is 0 Å². The van der Waals surface area contributed by atoms with Crippen molar-refractivity contribution in [2.75, 3.05) is 11.9 Å². The summed E-state index contributed by atoms with van der Waals surface area (Å²) in [6.07, 6.45) is 4.52. The molecule has 1 N–H and O–H groups in total. The zero-order valence-corrected chi connectivity index (χ0v) is 12.9. The van der Waals surface area contributed by atoms with Gasteiger partial charge in [-0.15, -0.1) is 0 Å². The van der Waals surface area contributed by atoms with E-state index >= 15 is 0 Å². The zero-order valence-electron chi connectivity index (χ0n) is 12.9. The highest BCUT2D eigenvalue weighted by Gasteiger charge is 2.20. The monoisotopic (exact) mass is 286 g/mol. The minimum atomic E-state index is 0.674. The van der Waals surface area contributed by atoms with Crippen LogP contribution >= 0.6 is 0 Å². The van der Waals surface area contributed by atoms with Crippen LogP contribution in [-0.2, 0) is 13.1 Å². The fourth-order valence-electron chi connectivity index (χ4n) is 2.25. The topological polar surface area (TPSA) is 54.2 Å². The smallest absolute Gasteiger partial charge is 0.225 e. The number of nitrogens with one attached hydrogen (secondary N) is 1. The van der Waals surface area contributed by atoms with Gasteiger partial charge in [-0.2, -0.15) is 0 Å². The van der Waals surface area contributed by atoms with Crippen LogP contribution in [0.1, 0.15) is 35.6 Å². The van der Waals surface area contributed by atoms with Gasteiger partial charge >= 0.3 is 0 Å². The van der Waals surface area contributed by atoms with Crippen LogP contribution in [0.5, 0.6) is 0 Å². The number of aromatic nitrogens is 2. The molecule has 21 heavy (non-hydrogen) atoms. The first-order valence-corrected chi connectivity index (χ1v) is 7.44. The predicted molar refractivity (Wildman–Crippen MR) is 82.2 cm³/mol. The van der Waals surface area contributed by atoms with E-state index in [9.17, 15) is 0 Å². The molecule has 2 heterocycles. The van der Waals surface area contributed by atoms with Gasteiger partial charge in [0.05, 0.1) is 6.54 Å². The Morgan fingerprint density at radius 1 is 1.33 bits per heavy atom. The first-order valence-electron chi connectivity index (χ1n) is 7.44. The molecule has 0 saturated heterocycles. The first-order chi connectivity index (χ1) is 10.1. The van der Waals surface area contributed by atoms with Crippen LogP contribution < -0.4 is 10.2 Å². The lowest BCUT2D eigenvalue weighted by molar-refractivity contribution is 0.480. The van der Waals surface area contributed by atoms with Gasteiger partial charge in [-0.1, -0.05) is 0 Å². The summed E-state index contributed by atoms with van der Waals surface area (Å²) in [4.78, 5) is 11.1. The van der Waals surface area contributed by atoms with Crippen molar-refractivity contribution in [1.29, 1.82) is 0 Å². The molecule has 0 spiro atoms. The van der Waals surface area contributed by atoms with E-state index in [1.165, 1.54) is 18.4 Å². The fraction of sp³-hybridized carbons (Fsp3) is 0.500. The lowest BCUT2D eigenvalue weighted by Crippen LogP contribution is -2.21. The summed E-state index contributed by atoms with van der Waals surface area (Å²) in [6.45, 7) is 5.52. The molecule has 0 bridgehead atoms. The third kappa shape index (κ3) is 3.61. The van der Waals surface area contributed by atoms with Crippen LogP contribution in [0.15, 0.2) is 22.7 Å². The molecule has 0 aliphatic heterocycles. The summed E-state index contributed by atoms with van der Waals surface area (Å²) >= 11 is 0. The van der Waals surface area contributed by atoms with E-state index in [4.69, 9.17) is 4.42 Å². The SMILES string of the molecule is Cc1ccc(CN(C)c2ncc(CNC3CC3)c(C)n2)o1. The van der Waals surface area contributed by atoms with Crippen LogP contribution in [0.4, 0.5) is 5.95 Å². The number of anilines is 1. The van der Waals surface area contributed by atoms with Crippen LogP contribution in [-0.4, -0.2) is 23.1 Å². The van der Waals surface area contributed by atoms with E-state index in [0.717, 1.165) is 29.7 Å². The largest absolute Gasteiger partial charge is 0.464 e. The normalized spacial score (nSPS) is 14.4. The van der Waals surface area contributed by atoms with Gasteiger partial charge in [0.15, 0.2) is 0 Å². The van der Waals surface area contributed by atoms with E-state index in [0.29, 0.717) is 12.6 Å². The van der Waals surface area contributed by atoms with Crippen LogP contribution in [0.3, 0.4) is 0 Å². The van der Waals surface area contributed by atoms with Gasteiger partial charge in [0.2, 0.25) is 5.95 Å². The second-order valence-electron chi connectivity index (χ2n) is 5.80. The highest BCUT2D eigenvalue weighted by Crippen LogP contribution is 2.20. The third-order valence-electron chi connectivity index (χ3n) is 3.76. The Balaban J connectivity index is 1.65. The van der Waals surface area contributed by atoms with E-state index < -0.39 is 0 Å². The second kappa shape index (κ2) is 5.85. The van der Waals surface area contributed by atoms with Crippen molar-refractivity contribution in [2.24, 2.45) is 0 Å². The second-order valence-corrected chi connectivity index (χ2v) is 5.80. The molecular formula is C16H22N4O. The average molecular weight is 286 g/mol. The van der Waals surface area contributed by atoms with Crippen LogP contribution in [0.2, 0.25) is 0 Å². The van der Waals surface area contributed by atoms with Gasteiger partial charge in [-0.25, -0.2) is 9.97 Å². The fourth-order valence-corrected chi connectivity index (χ4v) is 2.25. The molecule has 1 saturated carbocycles. The molecule has 2 aromatic rings. The Labute approximate surface area is 125 Å². The molecule has 2 aromatic heterocycles. The Bertz CT molecular complexity index is 618. The molecule has 1 aliphatic carbocycles. The molecule has 5 nitrogen and oxygen atoms in total. The van der Waals surface area contributed by atoms with E-state index in [-0.39, 0.29) is 0 Å². The molecular weight excluding hydrogens is 264 g/mol. The summed E-state index contributed by atoms with van der Waals surface area (Å²) in [5.74, 6) is 2.59. The number of hydrogen-bond donors (Lipinski definition) is 1. The Hall–Kier alpha value is -1.88. The van der Waals surface area contributed by atoms with Crippen LogP contribution in [0, 0.1) is 13.8 Å². The summed E-state index contributed by atoms with van der Waals surface area (Å²) in [5.41, 5.74) is 2.21. The summed E-state index contributed by atoms with van der Waals surface area (Å²) in [5, 5.41) is 3.50. The average Bonchev–Trinajstić information content (AvgIpc) is 3.20. The maximum atomic E-state index is 5.59. The van der Waals surface area contributed by atoms with Crippen molar-refractivity contribution < 1.29 is 4.42 Å². The molecule has 0 radical (unpaired) electrons. The summed E-state index contributed by atoms with van der Waals surface area (Å²) in [6, 6.07) is 4.67. The quantitative estimate of drug-likeness (QED) is 0.884. The molecule has 0 aromatic carbocycles. The minimum absolute atomic E-state index is 0.674. The van der Waals surface area contributed by atoms with Gasteiger partial charge in [-0.05, 0) is 38.8 Å². The minimum Gasteiger partial charge on any atom is -0.464 e. The van der Waals surface area contributed by atoms with Gasteiger partial charge in [0.1, 0.15) is 11.5 Å². The summed E-state index contributed by atoms with van der Waals surface area (Å²) in [7, 11) is 1.98.